The molecule has 22 heavy (non-hydrogen) atoms. The Labute approximate surface area is 131 Å². The van der Waals surface area contributed by atoms with Crippen LogP contribution in [0.15, 0.2) is 6.07 Å². The molecule has 0 aliphatic carbocycles. The van der Waals surface area contributed by atoms with Gasteiger partial charge in [0.2, 0.25) is 11.9 Å². The maximum atomic E-state index is 12.2. The number of nitrogen functional groups attached to an aromatic ring is 1. The second-order valence-corrected chi connectivity index (χ2v) is 6.28. The first-order chi connectivity index (χ1) is 10.6. The fraction of sp³-hybridized carbons (Fsp3) is 0.688. The average molecular weight is 303 g/mol. The van der Waals surface area contributed by atoms with E-state index in [9.17, 15) is 4.79 Å². The first kappa shape index (κ1) is 15.1. The van der Waals surface area contributed by atoms with Gasteiger partial charge in [-0.25, -0.2) is 4.98 Å². The Kier molecular flexibility index (Phi) is 4.18. The van der Waals surface area contributed by atoms with Crippen LogP contribution in [0, 0.1) is 6.92 Å². The van der Waals surface area contributed by atoms with Crippen molar-refractivity contribution >= 4 is 17.7 Å². The fourth-order valence-electron chi connectivity index (χ4n) is 3.90. The van der Waals surface area contributed by atoms with E-state index in [2.05, 4.69) is 19.8 Å². The van der Waals surface area contributed by atoms with Gasteiger partial charge >= 0.3 is 0 Å². The van der Waals surface area contributed by atoms with Crippen LogP contribution in [0.1, 0.15) is 44.7 Å². The maximum Gasteiger partial charge on any atom is 0.222 e. The molecule has 0 radical (unpaired) electrons. The fourth-order valence-corrected chi connectivity index (χ4v) is 3.90. The molecule has 0 aromatic carbocycles. The second kappa shape index (κ2) is 6.10. The van der Waals surface area contributed by atoms with Gasteiger partial charge < -0.3 is 15.5 Å². The third-order valence-corrected chi connectivity index (χ3v) is 4.82. The average Bonchev–Trinajstić information content (AvgIpc) is 3.13. The molecule has 2 aliphatic heterocycles. The quantitative estimate of drug-likeness (QED) is 0.920. The highest BCUT2D eigenvalue weighted by atomic mass is 16.2. The number of nitrogens with zero attached hydrogens (tertiary/aromatic N) is 4. The molecule has 0 spiro atoms. The van der Waals surface area contributed by atoms with Crippen LogP contribution >= 0.6 is 0 Å². The van der Waals surface area contributed by atoms with Crippen LogP contribution in [0.4, 0.5) is 11.8 Å². The monoisotopic (exact) mass is 303 g/mol. The van der Waals surface area contributed by atoms with Crippen molar-refractivity contribution in [1.29, 1.82) is 0 Å². The number of carbonyl (C=O) groups excluding carboxylic acids is 1. The van der Waals surface area contributed by atoms with Crippen molar-refractivity contribution in [3.05, 3.63) is 11.8 Å². The molecule has 3 heterocycles. The Morgan fingerprint density at radius 1 is 1.27 bits per heavy atom. The molecule has 6 heteroatoms. The number of hydrogen-bond donors (Lipinski definition) is 1. The molecule has 1 aromatic heterocycles. The van der Waals surface area contributed by atoms with Crippen LogP contribution < -0.4 is 10.6 Å². The van der Waals surface area contributed by atoms with Crippen LogP contribution in [0.5, 0.6) is 0 Å². The topological polar surface area (TPSA) is 75.4 Å². The summed E-state index contributed by atoms with van der Waals surface area (Å²) in [6, 6.07) is 2.66. The van der Waals surface area contributed by atoms with Crippen molar-refractivity contribution in [2.24, 2.45) is 0 Å². The van der Waals surface area contributed by atoms with Crippen LogP contribution in [-0.2, 0) is 4.79 Å². The SMILES string of the molecule is CCC(=O)N1CCCC1C1CCCN1c1cc(C)nc(N)n1. The van der Waals surface area contributed by atoms with Gasteiger partial charge in [0, 0.05) is 31.3 Å². The maximum absolute atomic E-state index is 12.2. The zero-order chi connectivity index (χ0) is 15.7. The molecule has 6 nitrogen and oxygen atoms in total. The van der Waals surface area contributed by atoms with Crippen molar-refractivity contribution < 1.29 is 4.79 Å². The van der Waals surface area contributed by atoms with Crippen molar-refractivity contribution in [1.82, 2.24) is 14.9 Å². The van der Waals surface area contributed by atoms with E-state index in [0.717, 1.165) is 50.3 Å². The Bertz CT molecular complexity index is 541. The van der Waals surface area contributed by atoms with Crippen molar-refractivity contribution in [2.75, 3.05) is 23.7 Å². The van der Waals surface area contributed by atoms with Crippen LogP contribution in [0.2, 0.25) is 0 Å². The molecule has 2 fully saturated rings. The van der Waals surface area contributed by atoms with Gasteiger partial charge in [0.1, 0.15) is 5.82 Å². The first-order valence-electron chi connectivity index (χ1n) is 8.27. The number of hydrogen-bond acceptors (Lipinski definition) is 5. The van der Waals surface area contributed by atoms with Crippen LogP contribution in [0.25, 0.3) is 0 Å². The van der Waals surface area contributed by atoms with Gasteiger partial charge in [0.25, 0.3) is 0 Å². The zero-order valence-corrected chi connectivity index (χ0v) is 13.5. The Hall–Kier alpha value is -1.85. The lowest BCUT2D eigenvalue weighted by molar-refractivity contribution is -0.132. The molecule has 2 atom stereocenters. The minimum absolute atomic E-state index is 0.271. The number of likely N-dealkylation sites (tertiary alicyclic amines) is 1. The smallest absolute Gasteiger partial charge is 0.222 e. The summed E-state index contributed by atoms with van der Waals surface area (Å²) in [5, 5.41) is 0. The molecular formula is C16H25N5O. The number of carbonyl (C=O) groups is 1. The van der Waals surface area contributed by atoms with E-state index in [1.807, 2.05) is 19.9 Å². The molecule has 1 aromatic rings. The molecule has 2 saturated heterocycles. The number of amides is 1. The first-order valence-corrected chi connectivity index (χ1v) is 8.27. The zero-order valence-electron chi connectivity index (χ0n) is 13.5. The summed E-state index contributed by atoms with van der Waals surface area (Å²) in [7, 11) is 0. The summed E-state index contributed by atoms with van der Waals surface area (Å²) in [6.45, 7) is 5.76. The molecule has 2 N–H and O–H groups in total. The molecule has 1 amide bonds. The van der Waals surface area contributed by atoms with Gasteiger partial charge in [-0.3, -0.25) is 4.79 Å². The summed E-state index contributed by atoms with van der Waals surface area (Å²) < 4.78 is 0. The molecule has 0 saturated carbocycles. The van der Waals surface area contributed by atoms with Crippen LogP contribution in [-0.4, -0.2) is 45.9 Å². The predicted molar refractivity (Wildman–Crippen MR) is 86.6 cm³/mol. The van der Waals surface area contributed by atoms with Crippen molar-refractivity contribution in [3.8, 4) is 0 Å². The van der Waals surface area contributed by atoms with Gasteiger partial charge in [0.05, 0.1) is 12.1 Å². The number of nitrogens with two attached hydrogens (primary N) is 1. The summed E-state index contributed by atoms with van der Waals surface area (Å²) in [5.41, 5.74) is 6.70. The molecule has 3 rings (SSSR count). The highest BCUT2D eigenvalue weighted by Gasteiger charge is 2.39. The summed E-state index contributed by atoms with van der Waals surface area (Å²) in [5.74, 6) is 1.50. The number of anilines is 2. The number of rotatable bonds is 3. The third-order valence-electron chi connectivity index (χ3n) is 4.82. The lowest BCUT2D eigenvalue weighted by atomic mass is 10.0. The van der Waals surface area contributed by atoms with E-state index < -0.39 is 0 Å². The highest BCUT2D eigenvalue weighted by molar-refractivity contribution is 5.76. The van der Waals surface area contributed by atoms with Gasteiger partial charge in [-0.05, 0) is 32.6 Å². The summed E-state index contributed by atoms with van der Waals surface area (Å²) in [4.78, 5) is 25.2. The minimum atomic E-state index is 0.271. The van der Waals surface area contributed by atoms with Gasteiger partial charge in [-0.2, -0.15) is 4.98 Å². The molecule has 0 bridgehead atoms. The Balaban J connectivity index is 1.85. The largest absolute Gasteiger partial charge is 0.368 e. The molecule has 2 aliphatic rings. The summed E-state index contributed by atoms with van der Waals surface area (Å²) in [6.07, 6.45) is 5.03. The second-order valence-electron chi connectivity index (χ2n) is 6.28. The lowest BCUT2D eigenvalue weighted by Gasteiger charge is -2.35. The van der Waals surface area contributed by atoms with E-state index in [1.54, 1.807) is 0 Å². The van der Waals surface area contributed by atoms with Crippen molar-refractivity contribution in [2.45, 2.75) is 58.0 Å². The predicted octanol–water partition coefficient (Wildman–Crippen LogP) is 1.74. The minimum Gasteiger partial charge on any atom is -0.368 e. The van der Waals surface area contributed by atoms with E-state index in [0.29, 0.717) is 24.5 Å². The van der Waals surface area contributed by atoms with Crippen LogP contribution in [0.3, 0.4) is 0 Å². The van der Waals surface area contributed by atoms with Crippen molar-refractivity contribution in [3.63, 3.8) is 0 Å². The highest BCUT2D eigenvalue weighted by Crippen LogP contribution is 2.33. The van der Waals surface area contributed by atoms with E-state index in [4.69, 9.17) is 5.73 Å². The Morgan fingerprint density at radius 2 is 2.00 bits per heavy atom. The molecule has 120 valence electrons. The molecular weight excluding hydrogens is 278 g/mol. The normalized spacial score (nSPS) is 25.0. The standard InChI is InChI=1S/C16H25N5O/c1-3-15(22)21-9-5-7-13(21)12-6-4-8-20(12)14-10-11(2)18-16(17)19-14/h10,12-13H,3-9H2,1-2H3,(H2,17,18,19). The third kappa shape index (κ3) is 2.74. The van der Waals surface area contributed by atoms with Gasteiger partial charge in [-0.1, -0.05) is 6.92 Å². The van der Waals surface area contributed by atoms with Gasteiger partial charge in [0.15, 0.2) is 0 Å². The molecule has 2 unspecified atom stereocenters. The lowest BCUT2D eigenvalue weighted by Crippen LogP contribution is -2.48. The van der Waals surface area contributed by atoms with E-state index in [-0.39, 0.29) is 5.91 Å². The van der Waals surface area contributed by atoms with E-state index >= 15 is 0 Å². The summed E-state index contributed by atoms with van der Waals surface area (Å²) >= 11 is 0. The van der Waals surface area contributed by atoms with E-state index in [1.165, 1.54) is 0 Å². The number of aryl methyl sites for hydroxylation is 1. The number of aromatic nitrogens is 2. The van der Waals surface area contributed by atoms with Gasteiger partial charge in [-0.15, -0.1) is 0 Å². The Morgan fingerprint density at radius 3 is 2.73 bits per heavy atom.